The molecule has 3 nitrogen and oxygen atoms in total. The van der Waals surface area contributed by atoms with Gasteiger partial charge in [-0.1, -0.05) is 6.92 Å². The van der Waals surface area contributed by atoms with Crippen LogP contribution in [0.25, 0.3) is 0 Å². The van der Waals surface area contributed by atoms with Crippen molar-refractivity contribution in [2.24, 2.45) is 0 Å². The first-order valence-electron chi connectivity index (χ1n) is 4.74. The molecule has 0 amide bonds. The van der Waals surface area contributed by atoms with E-state index >= 15 is 0 Å². The van der Waals surface area contributed by atoms with Crippen LogP contribution in [-0.2, 0) is 4.74 Å². The quantitative estimate of drug-likeness (QED) is 0.802. The molecule has 1 aromatic rings. The SMILES string of the molecule is CCCOCCC(O)c1occc1Br. The molecular formula is C10H15BrO3. The first-order valence-corrected chi connectivity index (χ1v) is 5.53. The molecule has 1 N–H and O–H groups in total. The standard InChI is InChI=1S/C10H15BrO3/c1-2-5-13-6-4-9(12)10-8(11)3-7-14-10/h3,7,9,12H,2,4-6H2,1H3. The zero-order valence-corrected chi connectivity index (χ0v) is 9.79. The molecule has 1 rings (SSSR count). The third kappa shape index (κ3) is 3.44. The molecule has 1 atom stereocenters. The Bertz CT molecular complexity index is 260. The topological polar surface area (TPSA) is 42.6 Å². The molecule has 0 aromatic carbocycles. The van der Waals surface area contributed by atoms with Crippen LogP contribution in [0.2, 0.25) is 0 Å². The minimum atomic E-state index is -0.587. The highest BCUT2D eigenvalue weighted by molar-refractivity contribution is 9.10. The lowest BCUT2D eigenvalue weighted by Crippen LogP contribution is -2.03. The summed E-state index contributed by atoms with van der Waals surface area (Å²) in [5, 5.41) is 9.69. The number of aliphatic hydroxyl groups excluding tert-OH is 1. The Hall–Kier alpha value is -0.320. The van der Waals surface area contributed by atoms with Gasteiger partial charge in [0.2, 0.25) is 0 Å². The molecule has 0 spiro atoms. The summed E-state index contributed by atoms with van der Waals surface area (Å²) in [5.41, 5.74) is 0. The largest absolute Gasteiger partial charge is 0.465 e. The molecule has 0 aliphatic carbocycles. The van der Waals surface area contributed by atoms with Crippen molar-refractivity contribution in [2.45, 2.75) is 25.9 Å². The molecule has 4 heteroatoms. The van der Waals surface area contributed by atoms with Gasteiger partial charge in [-0.05, 0) is 28.4 Å². The highest BCUT2D eigenvalue weighted by Crippen LogP contribution is 2.26. The highest BCUT2D eigenvalue weighted by atomic mass is 79.9. The van der Waals surface area contributed by atoms with E-state index < -0.39 is 6.10 Å². The van der Waals surface area contributed by atoms with Crippen molar-refractivity contribution in [3.8, 4) is 0 Å². The number of hydrogen-bond acceptors (Lipinski definition) is 3. The van der Waals surface area contributed by atoms with Gasteiger partial charge in [-0.2, -0.15) is 0 Å². The number of rotatable bonds is 6. The van der Waals surface area contributed by atoms with Crippen LogP contribution >= 0.6 is 15.9 Å². The van der Waals surface area contributed by atoms with E-state index in [1.807, 2.05) is 0 Å². The molecule has 14 heavy (non-hydrogen) atoms. The van der Waals surface area contributed by atoms with Gasteiger partial charge < -0.3 is 14.3 Å². The fourth-order valence-electron chi connectivity index (χ4n) is 1.12. The van der Waals surface area contributed by atoms with Crippen molar-refractivity contribution in [3.05, 3.63) is 22.6 Å². The summed E-state index contributed by atoms with van der Waals surface area (Å²) in [4.78, 5) is 0. The van der Waals surface area contributed by atoms with E-state index in [0.717, 1.165) is 17.5 Å². The second-order valence-corrected chi connectivity index (χ2v) is 3.90. The van der Waals surface area contributed by atoms with E-state index in [4.69, 9.17) is 9.15 Å². The lowest BCUT2D eigenvalue weighted by molar-refractivity contribution is 0.0714. The van der Waals surface area contributed by atoms with E-state index in [1.165, 1.54) is 0 Å². The Kier molecular flexibility index (Phi) is 5.22. The Morgan fingerprint density at radius 3 is 2.93 bits per heavy atom. The molecule has 0 saturated heterocycles. The van der Waals surface area contributed by atoms with Crippen LogP contribution in [0.1, 0.15) is 31.6 Å². The van der Waals surface area contributed by atoms with Crippen LogP contribution in [0, 0.1) is 0 Å². The molecule has 80 valence electrons. The summed E-state index contributed by atoms with van der Waals surface area (Å²) in [6, 6.07) is 1.77. The third-order valence-corrected chi connectivity index (χ3v) is 2.49. The average molecular weight is 263 g/mol. The third-order valence-electron chi connectivity index (χ3n) is 1.83. The molecule has 0 fully saturated rings. The Balaban J connectivity index is 2.28. The van der Waals surface area contributed by atoms with E-state index in [0.29, 0.717) is 18.8 Å². The minimum absolute atomic E-state index is 0.558. The zero-order valence-electron chi connectivity index (χ0n) is 8.20. The molecule has 1 aromatic heterocycles. The van der Waals surface area contributed by atoms with Crippen LogP contribution < -0.4 is 0 Å². The van der Waals surface area contributed by atoms with Gasteiger partial charge in [-0.15, -0.1) is 0 Å². The van der Waals surface area contributed by atoms with Crippen LogP contribution in [0.4, 0.5) is 0 Å². The van der Waals surface area contributed by atoms with Gasteiger partial charge in [-0.25, -0.2) is 0 Å². The summed E-state index contributed by atoms with van der Waals surface area (Å²) < 4.78 is 11.2. The van der Waals surface area contributed by atoms with Crippen molar-refractivity contribution in [1.29, 1.82) is 0 Å². The van der Waals surface area contributed by atoms with Gasteiger partial charge in [0, 0.05) is 19.6 Å². The molecule has 0 bridgehead atoms. The van der Waals surface area contributed by atoms with E-state index in [-0.39, 0.29) is 0 Å². The van der Waals surface area contributed by atoms with Crippen molar-refractivity contribution in [3.63, 3.8) is 0 Å². The van der Waals surface area contributed by atoms with Crippen LogP contribution in [0.5, 0.6) is 0 Å². The second-order valence-electron chi connectivity index (χ2n) is 3.05. The monoisotopic (exact) mass is 262 g/mol. The Morgan fingerprint density at radius 2 is 2.36 bits per heavy atom. The summed E-state index contributed by atoms with van der Waals surface area (Å²) >= 11 is 3.29. The van der Waals surface area contributed by atoms with Crippen molar-refractivity contribution >= 4 is 15.9 Å². The maximum Gasteiger partial charge on any atom is 0.146 e. The molecule has 0 saturated carbocycles. The van der Waals surface area contributed by atoms with Crippen molar-refractivity contribution in [2.75, 3.05) is 13.2 Å². The zero-order chi connectivity index (χ0) is 10.4. The minimum Gasteiger partial charge on any atom is -0.465 e. The van der Waals surface area contributed by atoms with Crippen LogP contribution in [0.15, 0.2) is 21.2 Å². The van der Waals surface area contributed by atoms with E-state index in [1.54, 1.807) is 12.3 Å². The van der Waals surface area contributed by atoms with Gasteiger partial charge in [0.25, 0.3) is 0 Å². The van der Waals surface area contributed by atoms with Crippen molar-refractivity contribution < 1.29 is 14.3 Å². The predicted octanol–water partition coefficient (Wildman–Crippen LogP) is 2.89. The molecule has 1 unspecified atom stereocenters. The van der Waals surface area contributed by atoms with Gasteiger partial charge in [-0.3, -0.25) is 0 Å². The molecular weight excluding hydrogens is 248 g/mol. The van der Waals surface area contributed by atoms with Crippen molar-refractivity contribution in [1.82, 2.24) is 0 Å². The first-order chi connectivity index (χ1) is 6.75. The lowest BCUT2D eigenvalue weighted by atomic mass is 10.2. The highest BCUT2D eigenvalue weighted by Gasteiger charge is 2.14. The summed E-state index contributed by atoms with van der Waals surface area (Å²) in [7, 11) is 0. The second kappa shape index (κ2) is 6.22. The molecule has 0 radical (unpaired) electrons. The smallest absolute Gasteiger partial charge is 0.146 e. The maximum atomic E-state index is 9.69. The number of aliphatic hydroxyl groups is 1. The summed E-state index contributed by atoms with van der Waals surface area (Å²) in [6.07, 6.45) is 2.53. The number of ether oxygens (including phenoxy) is 1. The predicted molar refractivity (Wildman–Crippen MR) is 57.1 cm³/mol. The summed E-state index contributed by atoms with van der Waals surface area (Å²) in [5.74, 6) is 0.574. The van der Waals surface area contributed by atoms with Crippen LogP contribution in [0.3, 0.4) is 0 Å². The normalized spacial score (nSPS) is 13.1. The molecule has 0 aliphatic heterocycles. The van der Waals surface area contributed by atoms with Gasteiger partial charge in [0.05, 0.1) is 10.7 Å². The fraction of sp³-hybridized carbons (Fsp3) is 0.600. The number of hydrogen-bond donors (Lipinski definition) is 1. The number of furan rings is 1. The maximum absolute atomic E-state index is 9.69. The van der Waals surface area contributed by atoms with Gasteiger partial charge in [0.15, 0.2) is 0 Å². The van der Waals surface area contributed by atoms with Crippen LogP contribution in [-0.4, -0.2) is 18.3 Å². The molecule has 1 heterocycles. The van der Waals surface area contributed by atoms with Gasteiger partial charge in [0.1, 0.15) is 11.9 Å². The lowest BCUT2D eigenvalue weighted by Gasteiger charge is -2.08. The fourth-order valence-corrected chi connectivity index (χ4v) is 1.58. The number of halogens is 1. The average Bonchev–Trinajstić information content (AvgIpc) is 2.59. The van der Waals surface area contributed by atoms with E-state index in [2.05, 4.69) is 22.9 Å². The first kappa shape index (κ1) is 11.8. The molecule has 0 aliphatic rings. The summed E-state index contributed by atoms with van der Waals surface area (Å²) in [6.45, 7) is 3.35. The Morgan fingerprint density at radius 1 is 1.57 bits per heavy atom. The van der Waals surface area contributed by atoms with Gasteiger partial charge >= 0.3 is 0 Å². The van der Waals surface area contributed by atoms with E-state index in [9.17, 15) is 5.11 Å². The Labute approximate surface area is 92.2 Å².